The maximum atomic E-state index is 12.1. The fraction of sp³-hybridized carbons (Fsp3) is 0.312. The number of nitrogens with zero attached hydrogens (tertiary/aromatic N) is 3. The van der Waals surface area contributed by atoms with Crippen LogP contribution in [0.5, 0.6) is 11.5 Å². The van der Waals surface area contributed by atoms with E-state index in [0.717, 1.165) is 25.9 Å². The van der Waals surface area contributed by atoms with Crippen LogP contribution in [0.4, 0.5) is 16.4 Å². The molecule has 0 saturated carbocycles. The van der Waals surface area contributed by atoms with E-state index in [1.165, 1.54) is 0 Å². The topological polar surface area (TPSA) is 93.4 Å². The number of pyridine rings is 2. The minimum absolute atomic E-state index is 0.127. The van der Waals surface area contributed by atoms with Gasteiger partial charge in [-0.1, -0.05) is 0 Å². The van der Waals surface area contributed by atoms with Crippen molar-refractivity contribution >= 4 is 17.7 Å². The van der Waals surface area contributed by atoms with Crippen LogP contribution < -0.4 is 15.8 Å². The van der Waals surface area contributed by atoms with E-state index < -0.39 is 0 Å². The number of nitrogens with one attached hydrogen (secondary N) is 1. The van der Waals surface area contributed by atoms with Gasteiger partial charge in [0.2, 0.25) is 0 Å². The maximum Gasteiger partial charge on any atom is 0.323 e. The van der Waals surface area contributed by atoms with E-state index in [4.69, 9.17) is 10.5 Å². The Kier molecular flexibility index (Phi) is 4.27. The number of aryl methyl sites for hydroxylation is 1. The number of amides is 2. The fourth-order valence-corrected chi connectivity index (χ4v) is 2.45. The van der Waals surface area contributed by atoms with Crippen LogP contribution in [0.1, 0.15) is 18.5 Å². The summed E-state index contributed by atoms with van der Waals surface area (Å²) in [4.78, 5) is 22.2. The van der Waals surface area contributed by atoms with Gasteiger partial charge >= 0.3 is 6.03 Å². The number of rotatable bonds is 3. The van der Waals surface area contributed by atoms with Gasteiger partial charge < -0.3 is 15.4 Å². The molecule has 120 valence electrons. The van der Waals surface area contributed by atoms with E-state index in [1.54, 1.807) is 35.4 Å². The third kappa shape index (κ3) is 3.68. The van der Waals surface area contributed by atoms with Gasteiger partial charge in [-0.2, -0.15) is 0 Å². The van der Waals surface area contributed by atoms with Crippen molar-refractivity contribution < 1.29 is 9.53 Å². The summed E-state index contributed by atoms with van der Waals surface area (Å²) in [6, 6.07) is 6.73. The molecule has 3 N–H and O–H groups in total. The van der Waals surface area contributed by atoms with E-state index >= 15 is 0 Å². The highest BCUT2D eigenvalue weighted by Crippen LogP contribution is 2.25. The Morgan fingerprint density at radius 3 is 2.83 bits per heavy atom. The molecule has 3 rings (SSSR count). The van der Waals surface area contributed by atoms with Crippen molar-refractivity contribution in [3.05, 3.63) is 36.2 Å². The number of carbonyl (C=O) groups excluding carboxylic acids is 1. The molecule has 7 heteroatoms. The molecule has 7 nitrogen and oxygen atoms in total. The average Bonchev–Trinajstić information content (AvgIpc) is 3.05. The van der Waals surface area contributed by atoms with Gasteiger partial charge in [0.05, 0.1) is 5.69 Å². The third-order valence-electron chi connectivity index (χ3n) is 3.65. The quantitative estimate of drug-likeness (QED) is 0.908. The second kappa shape index (κ2) is 6.51. The fourth-order valence-electron chi connectivity index (χ4n) is 2.45. The van der Waals surface area contributed by atoms with Crippen LogP contribution in [-0.2, 0) is 0 Å². The van der Waals surface area contributed by atoms with Crippen LogP contribution in [0, 0.1) is 6.92 Å². The van der Waals surface area contributed by atoms with Gasteiger partial charge in [-0.05, 0) is 38.0 Å². The molecule has 1 saturated heterocycles. The molecule has 1 fully saturated rings. The number of nitrogens with two attached hydrogens (primary N) is 1. The number of nitrogen functional groups attached to an aromatic ring is 1. The lowest BCUT2D eigenvalue weighted by Gasteiger charge is -2.16. The monoisotopic (exact) mass is 313 g/mol. The first kappa shape index (κ1) is 15.1. The zero-order valence-electron chi connectivity index (χ0n) is 13.0. The summed E-state index contributed by atoms with van der Waals surface area (Å²) in [5.74, 6) is 2.09. The first-order valence-electron chi connectivity index (χ1n) is 7.55. The highest BCUT2D eigenvalue weighted by Gasteiger charge is 2.18. The molecule has 0 spiro atoms. The van der Waals surface area contributed by atoms with Crippen molar-refractivity contribution in [1.82, 2.24) is 14.9 Å². The summed E-state index contributed by atoms with van der Waals surface area (Å²) in [6.07, 6.45) is 3.69. The lowest BCUT2D eigenvalue weighted by molar-refractivity contribution is 0.222. The number of likely N-dealkylation sites (tertiary alicyclic amines) is 1. The molecule has 0 aromatic carbocycles. The van der Waals surface area contributed by atoms with E-state index in [-0.39, 0.29) is 6.03 Å². The lowest BCUT2D eigenvalue weighted by atomic mass is 10.3. The molecule has 0 unspecified atom stereocenters. The molecule has 2 aromatic heterocycles. The van der Waals surface area contributed by atoms with Gasteiger partial charge in [0.25, 0.3) is 0 Å². The number of hydrogen-bond acceptors (Lipinski definition) is 5. The second-order valence-electron chi connectivity index (χ2n) is 5.42. The van der Waals surface area contributed by atoms with Crippen molar-refractivity contribution in [3.63, 3.8) is 0 Å². The normalized spacial score (nSPS) is 13.9. The van der Waals surface area contributed by atoms with E-state index in [1.807, 2.05) is 6.92 Å². The molecule has 0 aliphatic carbocycles. The Balaban J connectivity index is 1.70. The van der Waals surface area contributed by atoms with Crippen LogP contribution in [0.15, 0.2) is 30.5 Å². The molecule has 0 radical (unpaired) electrons. The highest BCUT2D eigenvalue weighted by atomic mass is 16.5. The van der Waals surface area contributed by atoms with E-state index in [2.05, 4.69) is 15.3 Å². The van der Waals surface area contributed by atoms with E-state index in [0.29, 0.717) is 28.8 Å². The molecule has 2 amide bonds. The van der Waals surface area contributed by atoms with Gasteiger partial charge in [0.15, 0.2) is 0 Å². The summed E-state index contributed by atoms with van der Waals surface area (Å²) in [5.41, 5.74) is 6.33. The molecule has 1 aliphatic rings. The van der Waals surface area contributed by atoms with Crippen LogP contribution in [0.2, 0.25) is 0 Å². The zero-order chi connectivity index (χ0) is 16.2. The summed E-state index contributed by atoms with van der Waals surface area (Å²) in [5, 5.41) is 2.79. The SMILES string of the molecule is Cc1nc(N)ccc1Oc1ccnc(NC(=O)N2CCCC2)c1. The summed E-state index contributed by atoms with van der Waals surface area (Å²) >= 11 is 0. The van der Waals surface area contributed by atoms with Crippen LogP contribution >= 0.6 is 0 Å². The largest absolute Gasteiger partial charge is 0.455 e. The Morgan fingerprint density at radius 1 is 1.30 bits per heavy atom. The number of urea groups is 1. The minimum atomic E-state index is -0.127. The van der Waals surface area contributed by atoms with Crippen LogP contribution in [0.25, 0.3) is 0 Å². The first-order chi connectivity index (χ1) is 11.1. The van der Waals surface area contributed by atoms with Gasteiger partial charge in [0.1, 0.15) is 23.1 Å². The predicted molar refractivity (Wildman–Crippen MR) is 87.5 cm³/mol. The lowest BCUT2D eigenvalue weighted by Crippen LogP contribution is -2.32. The van der Waals surface area contributed by atoms with Crippen molar-refractivity contribution in [1.29, 1.82) is 0 Å². The summed E-state index contributed by atoms with van der Waals surface area (Å²) in [7, 11) is 0. The first-order valence-corrected chi connectivity index (χ1v) is 7.55. The van der Waals surface area contributed by atoms with Gasteiger partial charge in [-0.3, -0.25) is 5.32 Å². The number of ether oxygens (including phenoxy) is 1. The molecule has 0 bridgehead atoms. The number of hydrogen-bond donors (Lipinski definition) is 2. The molecule has 2 aromatic rings. The number of aromatic nitrogens is 2. The van der Waals surface area contributed by atoms with Crippen molar-refractivity contribution in [2.24, 2.45) is 0 Å². The average molecular weight is 313 g/mol. The number of carbonyl (C=O) groups is 1. The van der Waals surface area contributed by atoms with Crippen LogP contribution in [0.3, 0.4) is 0 Å². The predicted octanol–water partition coefficient (Wildman–Crippen LogP) is 2.79. The summed E-state index contributed by atoms with van der Waals surface area (Å²) in [6.45, 7) is 3.40. The van der Waals surface area contributed by atoms with Gasteiger partial charge in [0, 0.05) is 25.4 Å². The third-order valence-corrected chi connectivity index (χ3v) is 3.65. The molecule has 1 aliphatic heterocycles. The Hall–Kier alpha value is -2.83. The van der Waals surface area contributed by atoms with Crippen LogP contribution in [-0.4, -0.2) is 34.0 Å². The maximum absolute atomic E-state index is 12.1. The van der Waals surface area contributed by atoms with Crippen molar-refractivity contribution in [3.8, 4) is 11.5 Å². The molecule has 3 heterocycles. The molecule has 0 atom stereocenters. The van der Waals surface area contributed by atoms with Crippen molar-refractivity contribution in [2.45, 2.75) is 19.8 Å². The minimum Gasteiger partial charge on any atom is -0.455 e. The number of anilines is 2. The smallest absolute Gasteiger partial charge is 0.323 e. The van der Waals surface area contributed by atoms with Gasteiger partial charge in [-0.15, -0.1) is 0 Å². The molecule has 23 heavy (non-hydrogen) atoms. The standard InChI is InChI=1S/C16H19N5O2/c1-11-13(4-5-14(17)19-11)23-12-6-7-18-15(10-12)20-16(22)21-8-2-3-9-21/h4-7,10H,2-3,8-9H2,1H3,(H2,17,19)(H,18,20,22). The zero-order valence-corrected chi connectivity index (χ0v) is 13.0. The molecular weight excluding hydrogens is 294 g/mol. The van der Waals surface area contributed by atoms with E-state index in [9.17, 15) is 4.79 Å². The van der Waals surface area contributed by atoms with Gasteiger partial charge in [-0.25, -0.2) is 14.8 Å². The second-order valence-corrected chi connectivity index (χ2v) is 5.42. The Morgan fingerprint density at radius 2 is 2.09 bits per heavy atom. The Bertz CT molecular complexity index is 713. The van der Waals surface area contributed by atoms with Crippen molar-refractivity contribution in [2.75, 3.05) is 24.1 Å². The molecular formula is C16H19N5O2. The Labute approximate surface area is 134 Å². The highest BCUT2D eigenvalue weighted by molar-refractivity contribution is 5.88. The summed E-state index contributed by atoms with van der Waals surface area (Å²) < 4.78 is 5.79.